The lowest BCUT2D eigenvalue weighted by Gasteiger charge is -2.38. The zero-order valence-electron chi connectivity index (χ0n) is 17.9. The summed E-state index contributed by atoms with van der Waals surface area (Å²) in [5.41, 5.74) is 1.50. The number of amides is 2. The minimum Gasteiger partial charge on any atom is -0.376 e. The summed E-state index contributed by atoms with van der Waals surface area (Å²) in [6.45, 7) is 3.82. The largest absolute Gasteiger partial charge is 0.376 e. The monoisotopic (exact) mass is 422 g/mol. The van der Waals surface area contributed by atoms with Crippen LogP contribution in [0, 0.1) is 17.8 Å². The van der Waals surface area contributed by atoms with Crippen molar-refractivity contribution >= 4 is 11.8 Å². The number of aromatic amines is 1. The van der Waals surface area contributed by atoms with Gasteiger partial charge in [0.25, 0.3) is 5.91 Å². The van der Waals surface area contributed by atoms with Crippen molar-refractivity contribution in [2.75, 3.05) is 19.7 Å². The van der Waals surface area contributed by atoms with Crippen LogP contribution >= 0.6 is 0 Å². The number of hydrogen-bond donors (Lipinski definition) is 2. The molecule has 0 radical (unpaired) electrons. The molecule has 0 bridgehead atoms. The van der Waals surface area contributed by atoms with Gasteiger partial charge in [-0.05, 0) is 49.5 Å². The van der Waals surface area contributed by atoms with Crippen molar-refractivity contribution in [1.29, 1.82) is 0 Å². The van der Waals surface area contributed by atoms with Crippen molar-refractivity contribution in [2.24, 2.45) is 17.8 Å². The Kier molecular flexibility index (Phi) is 5.52. The van der Waals surface area contributed by atoms with Gasteiger partial charge in [0.1, 0.15) is 5.82 Å². The second-order valence-electron chi connectivity index (χ2n) is 9.31. The number of fused-ring (bicyclic) bond motifs is 1. The highest BCUT2D eigenvalue weighted by atomic mass is 16.5. The van der Waals surface area contributed by atoms with E-state index in [1.54, 1.807) is 19.3 Å². The predicted octanol–water partition coefficient (Wildman–Crippen LogP) is 2.86. The van der Waals surface area contributed by atoms with Crippen LogP contribution in [0.3, 0.4) is 0 Å². The number of imidazole rings is 1. The van der Waals surface area contributed by atoms with Gasteiger partial charge in [-0.1, -0.05) is 18.2 Å². The fourth-order valence-electron chi connectivity index (χ4n) is 5.18. The average molecular weight is 423 g/mol. The summed E-state index contributed by atoms with van der Waals surface area (Å²) in [6.07, 6.45) is 7.77. The van der Waals surface area contributed by atoms with E-state index in [9.17, 15) is 9.59 Å². The highest BCUT2D eigenvalue weighted by Crippen LogP contribution is 2.39. The van der Waals surface area contributed by atoms with Crippen LogP contribution in [0.2, 0.25) is 0 Å². The SMILES string of the molecule is CC(=O)N[C@@H]1C[C@@H]2CN(C(=O)c3ccccc3-c3ncc[nH]3)C[C@@H]2C[C@H]1OCC1CC1. The Balaban J connectivity index is 1.31. The van der Waals surface area contributed by atoms with Crippen LogP contribution < -0.4 is 5.32 Å². The van der Waals surface area contributed by atoms with Crippen LogP contribution in [-0.2, 0) is 9.53 Å². The molecule has 3 fully saturated rings. The van der Waals surface area contributed by atoms with Gasteiger partial charge >= 0.3 is 0 Å². The molecule has 2 aliphatic carbocycles. The maximum atomic E-state index is 13.5. The lowest BCUT2D eigenvalue weighted by molar-refractivity contribution is -0.122. The van der Waals surface area contributed by atoms with Crippen molar-refractivity contribution in [1.82, 2.24) is 20.2 Å². The van der Waals surface area contributed by atoms with Gasteiger partial charge < -0.3 is 19.9 Å². The normalized spacial score (nSPS) is 27.7. The summed E-state index contributed by atoms with van der Waals surface area (Å²) in [6, 6.07) is 7.67. The molecule has 1 aliphatic heterocycles. The Bertz CT molecular complexity index is 940. The Labute approximate surface area is 182 Å². The standard InChI is InChI=1S/C24H30N4O3/c1-15(29)27-21-10-17-12-28(13-18(17)11-22(21)31-14-16-6-7-16)24(30)20-5-3-2-4-19(20)23-25-8-9-26-23/h2-5,8-9,16-18,21-22H,6-7,10-14H2,1H3,(H,25,26)(H,27,29)/t17-,18+,21-,22-/m1/s1. The van der Waals surface area contributed by atoms with E-state index in [2.05, 4.69) is 15.3 Å². The van der Waals surface area contributed by atoms with Crippen molar-refractivity contribution in [3.05, 3.63) is 42.2 Å². The zero-order valence-corrected chi connectivity index (χ0v) is 17.9. The molecule has 2 saturated carbocycles. The van der Waals surface area contributed by atoms with E-state index in [1.807, 2.05) is 29.2 Å². The molecule has 1 aromatic heterocycles. The van der Waals surface area contributed by atoms with Gasteiger partial charge in [0.2, 0.25) is 5.91 Å². The molecule has 2 amide bonds. The van der Waals surface area contributed by atoms with E-state index in [0.29, 0.717) is 29.1 Å². The number of rotatable bonds is 6. The zero-order chi connectivity index (χ0) is 21.4. The Morgan fingerprint density at radius 1 is 1.19 bits per heavy atom. The summed E-state index contributed by atoms with van der Waals surface area (Å²) in [5.74, 6) is 2.23. The second kappa shape index (κ2) is 8.46. The molecule has 3 aliphatic rings. The first-order valence-electron chi connectivity index (χ1n) is 11.3. The molecule has 164 valence electrons. The highest BCUT2D eigenvalue weighted by molar-refractivity contribution is 6.00. The highest BCUT2D eigenvalue weighted by Gasteiger charge is 2.44. The maximum Gasteiger partial charge on any atom is 0.254 e. The first kappa shape index (κ1) is 20.2. The van der Waals surface area contributed by atoms with Crippen molar-refractivity contribution in [3.63, 3.8) is 0 Å². The maximum absolute atomic E-state index is 13.5. The number of likely N-dealkylation sites (tertiary alicyclic amines) is 1. The predicted molar refractivity (Wildman–Crippen MR) is 116 cm³/mol. The minimum absolute atomic E-state index is 0.0122. The molecule has 7 heteroatoms. The number of nitrogens with zero attached hydrogens (tertiary/aromatic N) is 2. The number of aromatic nitrogens is 2. The van der Waals surface area contributed by atoms with Crippen molar-refractivity contribution in [2.45, 2.75) is 44.8 Å². The fourth-order valence-corrected chi connectivity index (χ4v) is 5.18. The lowest BCUT2D eigenvalue weighted by atomic mass is 9.77. The van der Waals surface area contributed by atoms with E-state index in [4.69, 9.17) is 4.74 Å². The molecule has 1 aromatic carbocycles. The molecule has 1 saturated heterocycles. The van der Waals surface area contributed by atoms with E-state index in [0.717, 1.165) is 38.1 Å². The molecule has 5 rings (SSSR count). The third kappa shape index (κ3) is 4.37. The number of benzene rings is 1. The minimum atomic E-state index is -0.0122. The van der Waals surface area contributed by atoms with Crippen LogP contribution in [0.15, 0.2) is 36.7 Å². The number of hydrogen-bond acceptors (Lipinski definition) is 4. The topological polar surface area (TPSA) is 87.3 Å². The summed E-state index contributed by atoms with van der Waals surface area (Å²) >= 11 is 0. The lowest BCUT2D eigenvalue weighted by Crippen LogP contribution is -2.50. The van der Waals surface area contributed by atoms with Gasteiger partial charge in [0.15, 0.2) is 0 Å². The molecule has 4 atom stereocenters. The van der Waals surface area contributed by atoms with Gasteiger partial charge in [0.05, 0.1) is 17.7 Å². The van der Waals surface area contributed by atoms with Crippen LogP contribution in [0.25, 0.3) is 11.4 Å². The average Bonchev–Trinajstić information content (AvgIpc) is 3.25. The number of carbonyl (C=O) groups excluding carboxylic acids is 2. The number of H-pyrrole nitrogens is 1. The first-order chi connectivity index (χ1) is 15.1. The van der Waals surface area contributed by atoms with Crippen molar-refractivity contribution in [3.8, 4) is 11.4 Å². The Hall–Kier alpha value is -2.67. The first-order valence-corrected chi connectivity index (χ1v) is 11.3. The summed E-state index contributed by atoms with van der Waals surface area (Å²) in [5, 5.41) is 3.11. The molecular weight excluding hydrogens is 392 g/mol. The molecule has 2 heterocycles. The van der Waals surface area contributed by atoms with E-state index >= 15 is 0 Å². The van der Waals surface area contributed by atoms with Crippen LogP contribution in [0.1, 0.15) is 43.0 Å². The molecule has 0 spiro atoms. The number of carbonyl (C=O) groups is 2. The fraction of sp³-hybridized carbons (Fsp3) is 0.542. The van der Waals surface area contributed by atoms with Crippen LogP contribution in [0.4, 0.5) is 0 Å². The Morgan fingerprint density at radius 2 is 1.97 bits per heavy atom. The molecule has 2 aromatic rings. The number of ether oxygens (including phenoxy) is 1. The quantitative estimate of drug-likeness (QED) is 0.749. The van der Waals surface area contributed by atoms with E-state index < -0.39 is 0 Å². The molecular formula is C24H30N4O3. The molecule has 0 unspecified atom stereocenters. The van der Waals surface area contributed by atoms with Crippen LogP contribution in [-0.4, -0.2) is 58.5 Å². The van der Waals surface area contributed by atoms with Crippen molar-refractivity contribution < 1.29 is 14.3 Å². The van der Waals surface area contributed by atoms with E-state index in [-0.39, 0.29) is 24.0 Å². The third-order valence-electron chi connectivity index (χ3n) is 6.95. The van der Waals surface area contributed by atoms with E-state index in [1.165, 1.54) is 12.8 Å². The molecule has 31 heavy (non-hydrogen) atoms. The molecule has 7 nitrogen and oxygen atoms in total. The van der Waals surface area contributed by atoms with Gasteiger partial charge in [0, 0.05) is 44.6 Å². The Morgan fingerprint density at radius 3 is 2.68 bits per heavy atom. The van der Waals surface area contributed by atoms with Gasteiger partial charge in [-0.25, -0.2) is 4.98 Å². The third-order valence-corrected chi connectivity index (χ3v) is 6.95. The van der Waals surface area contributed by atoms with Gasteiger partial charge in [-0.2, -0.15) is 0 Å². The smallest absolute Gasteiger partial charge is 0.254 e. The summed E-state index contributed by atoms with van der Waals surface area (Å²) in [4.78, 5) is 34.6. The van der Waals surface area contributed by atoms with Gasteiger partial charge in [-0.3, -0.25) is 9.59 Å². The van der Waals surface area contributed by atoms with Gasteiger partial charge in [-0.15, -0.1) is 0 Å². The summed E-state index contributed by atoms with van der Waals surface area (Å²) < 4.78 is 6.25. The van der Waals surface area contributed by atoms with Crippen LogP contribution in [0.5, 0.6) is 0 Å². The number of nitrogens with one attached hydrogen (secondary N) is 2. The summed E-state index contributed by atoms with van der Waals surface area (Å²) in [7, 11) is 0. The second-order valence-corrected chi connectivity index (χ2v) is 9.31. The molecule has 2 N–H and O–H groups in total.